The van der Waals surface area contributed by atoms with Crippen molar-refractivity contribution in [2.45, 2.75) is 18.9 Å². The molecule has 1 saturated heterocycles. The monoisotopic (exact) mass is 428 g/mol. The number of nitrogens with two attached hydrogens (primary N) is 2. The summed E-state index contributed by atoms with van der Waals surface area (Å²) in [5.74, 6) is 6.12. The predicted octanol–water partition coefficient (Wildman–Crippen LogP) is 0.748. The molecule has 0 saturated carbocycles. The highest BCUT2D eigenvalue weighted by Gasteiger charge is 2.35. The third-order valence-corrected chi connectivity index (χ3v) is 5.63. The van der Waals surface area contributed by atoms with Gasteiger partial charge in [0.25, 0.3) is 5.91 Å². The molecule has 166 valence electrons. The van der Waals surface area contributed by atoms with Crippen LogP contribution in [-0.2, 0) is 11.2 Å². The number of carbonyl (C=O) groups is 1. The van der Waals surface area contributed by atoms with E-state index in [1.807, 2.05) is 19.1 Å². The second-order valence-corrected chi connectivity index (χ2v) is 8.15. The van der Waals surface area contributed by atoms with Crippen LogP contribution in [0.3, 0.4) is 0 Å². The fourth-order valence-corrected chi connectivity index (χ4v) is 3.92. The minimum absolute atomic E-state index is 0.0993. The molecular formula is C21H28N6O4. The topological polar surface area (TPSA) is 139 Å². The van der Waals surface area contributed by atoms with Gasteiger partial charge in [0.1, 0.15) is 11.4 Å². The lowest BCUT2D eigenvalue weighted by molar-refractivity contribution is 0.0446. The van der Waals surface area contributed by atoms with E-state index in [4.69, 9.17) is 21.1 Å². The lowest BCUT2D eigenvalue weighted by Gasteiger charge is -2.31. The zero-order valence-electron chi connectivity index (χ0n) is 17.7. The molecule has 3 heterocycles. The number of aliphatic hydroxyl groups is 1. The lowest BCUT2D eigenvalue weighted by atomic mass is 9.99. The van der Waals surface area contributed by atoms with Crippen LogP contribution in [0.2, 0.25) is 0 Å². The minimum Gasteiger partial charge on any atom is -0.484 e. The van der Waals surface area contributed by atoms with Crippen molar-refractivity contribution in [2.75, 3.05) is 60.9 Å². The summed E-state index contributed by atoms with van der Waals surface area (Å²) in [4.78, 5) is 19.4. The largest absolute Gasteiger partial charge is 0.484 e. The highest BCUT2D eigenvalue weighted by Crippen LogP contribution is 2.42. The third-order valence-electron chi connectivity index (χ3n) is 5.63. The van der Waals surface area contributed by atoms with Gasteiger partial charge in [0.05, 0.1) is 54.3 Å². The number of carbonyl (C=O) groups excluding carboxylic acids is 1. The van der Waals surface area contributed by atoms with Crippen molar-refractivity contribution in [3.8, 4) is 5.75 Å². The number of nitrogens with one attached hydrogen (secondary N) is 1. The van der Waals surface area contributed by atoms with Gasteiger partial charge in [-0.2, -0.15) is 0 Å². The van der Waals surface area contributed by atoms with E-state index in [2.05, 4.69) is 15.2 Å². The number of amides is 1. The van der Waals surface area contributed by atoms with Gasteiger partial charge < -0.3 is 35.5 Å². The van der Waals surface area contributed by atoms with E-state index in [0.29, 0.717) is 49.8 Å². The number of pyridine rings is 1. The van der Waals surface area contributed by atoms with E-state index in [9.17, 15) is 9.90 Å². The third kappa shape index (κ3) is 4.09. The summed E-state index contributed by atoms with van der Waals surface area (Å²) in [6.07, 6.45) is 3.47. The van der Waals surface area contributed by atoms with Crippen molar-refractivity contribution in [3.63, 3.8) is 0 Å². The molecule has 0 unspecified atom stereocenters. The van der Waals surface area contributed by atoms with Crippen LogP contribution in [-0.4, -0.2) is 61.6 Å². The standard InChI is InChI=1S/C21H28N6O4/c1-21(12-28)9-13-7-15(16(8-18(13)31-21)27-3-5-30-6-4-27)25-20(29)14-10-24-11-17(19(14)22)26(2)23/h7-8,10-11,28H,3-6,9,12,23H2,1-2H3,(H2,22,24)(H,25,29)/t21-/m1/s1. The number of anilines is 4. The SMILES string of the molecule is CN(N)c1cncc(C(=O)Nc2cc3c(cc2N2CCOCC2)O[C@@](C)(CO)C3)c1N. The first kappa shape index (κ1) is 21.2. The summed E-state index contributed by atoms with van der Waals surface area (Å²) in [5, 5.41) is 14.0. The zero-order chi connectivity index (χ0) is 22.2. The number of nitrogen functional groups attached to an aromatic ring is 1. The Morgan fingerprint density at radius 3 is 2.77 bits per heavy atom. The number of benzene rings is 1. The van der Waals surface area contributed by atoms with Crippen molar-refractivity contribution in [1.82, 2.24) is 4.98 Å². The van der Waals surface area contributed by atoms with E-state index in [1.54, 1.807) is 7.05 Å². The molecule has 1 aromatic carbocycles. The molecule has 0 spiro atoms. The summed E-state index contributed by atoms with van der Waals surface area (Å²) >= 11 is 0. The molecule has 6 N–H and O–H groups in total. The number of hydrogen-bond donors (Lipinski definition) is 4. The highest BCUT2D eigenvalue weighted by atomic mass is 16.5. The zero-order valence-corrected chi connectivity index (χ0v) is 17.7. The molecule has 0 bridgehead atoms. The number of aliphatic hydroxyl groups excluding tert-OH is 1. The van der Waals surface area contributed by atoms with Crippen LogP contribution in [0.15, 0.2) is 24.5 Å². The fraction of sp³-hybridized carbons (Fsp3) is 0.429. The minimum atomic E-state index is -0.679. The van der Waals surface area contributed by atoms with Crippen LogP contribution in [0.25, 0.3) is 0 Å². The van der Waals surface area contributed by atoms with Crippen molar-refractivity contribution in [3.05, 3.63) is 35.7 Å². The van der Waals surface area contributed by atoms with Gasteiger partial charge in [0.2, 0.25) is 0 Å². The Bertz CT molecular complexity index is 992. The normalized spacial score (nSPS) is 20.2. The van der Waals surface area contributed by atoms with Gasteiger partial charge in [0, 0.05) is 44.4 Å². The maximum Gasteiger partial charge on any atom is 0.259 e. The van der Waals surface area contributed by atoms with Gasteiger partial charge in [-0.05, 0) is 13.0 Å². The summed E-state index contributed by atoms with van der Waals surface area (Å²) in [6, 6.07) is 3.82. The lowest BCUT2D eigenvalue weighted by Crippen LogP contribution is -2.37. The number of fused-ring (bicyclic) bond motifs is 1. The molecule has 31 heavy (non-hydrogen) atoms. The molecule has 4 rings (SSSR count). The summed E-state index contributed by atoms with van der Waals surface area (Å²) in [7, 11) is 1.63. The first-order chi connectivity index (χ1) is 14.8. The Hall–Kier alpha value is -3.08. The quantitative estimate of drug-likeness (QED) is 0.401. The van der Waals surface area contributed by atoms with E-state index in [0.717, 1.165) is 11.3 Å². The molecule has 0 aliphatic carbocycles. The molecule has 2 aliphatic heterocycles. The molecule has 0 radical (unpaired) electrons. The van der Waals surface area contributed by atoms with Crippen molar-refractivity contribution >= 4 is 28.7 Å². The molecular weight excluding hydrogens is 400 g/mol. The number of aromatic nitrogens is 1. The Labute approximate surface area is 180 Å². The summed E-state index contributed by atoms with van der Waals surface area (Å²) in [5.41, 5.74) is 8.83. The Kier molecular flexibility index (Phi) is 5.61. The van der Waals surface area contributed by atoms with Crippen molar-refractivity contribution in [1.29, 1.82) is 0 Å². The number of ether oxygens (including phenoxy) is 2. The van der Waals surface area contributed by atoms with E-state index in [-0.39, 0.29) is 23.8 Å². The first-order valence-corrected chi connectivity index (χ1v) is 10.1. The van der Waals surface area contributed by atoms with Gasteiger partial charge in [-0.25, -0.2) is 5.84 Å². The number of hydrogen-bond acceptors (Lipinski definition) is 9. The summed E-state index contributed by atoms with van der Waals surface area (Å²) < 4.78 is 11.5. The van der Waals surface area contributed by atoms with Gasteiger partial charge in [-0.15, -0.1) is 0 Å². The van der Waals surface area contributed by atoms with Crippen LogP contribution < -0.4 is 31.5 Å². The molecule has 10 nitrogen and oxygen atoms in total. The van der Waals surface area contributed by atoms with Crippen LogP contribution >= 0.6 is 0 Å². The molecule has 1 fully saturated rings. The number of rotatable bonds is 5. The smallest absolute Gasteiger partial charge is 0.259 e. The first-order valence-electron chi connectivity index (χ1n) is 10.1. The molecule has 1 amide bonds. The van der Waals surface area contributed by atoms with Crippen LogP contribution in [0.5, 0.6) is 5.75 Å². The second-order valence-electron chi connectivity index (χ2n) is 8.15. The molecule has 10 heteroatoms. The number of hydrazine groups is 1. The average Bonchev–Trinajstić information content (AvgIpc) is 3.09. The molecule has 1 aromatic heterocycles. The van der Waals surface area contributed by atoms with Crippen molar-refractivity contribution < 1.29 is 19.4 Å². The molecule has 1 atom stereocenters. The number of nitrogens with zero attached hydrogens (tertiary/aromatic N) is 3. The second kappa shape index (κ2) is 8.22. The Balaban J connectivity index is 1.70. The van der Waals surface area contributed by atoms with E-state index < -0.39 is 5.60 Å². The van der Waals surface area contributed by atoms with Gasteiger partial charge in [-0.1, -0.05) is 0 Å². The Morgan fingerprint density at radius 2 is 2.10 bits per heavy atom. The van der Waals surface area contributed by atoms with E-state index >= 15 is 0 Å². The highest BCUT2D eigenvalue weighted by molar-refractivity contribution is 6.10. The molecule has 2 aromatic rings. The fourth-order valence-electron chi connectivity index (χ4n) is 3.92. The van der Waals surface area contributed by atoms with Crippen LogP contribution in [0.1, 0.15) is 22.8 Å². The van der Waals surface area contributed by atoms with Gasteiger partial charge >= 0.3 is 0 Å². The maximum atomic E-state index is 13.1. The predicted molar refractivity (Wildman–Crippen MR) is 118 cm³/mol. The average molecular weight is 428 g/mol. The van der Waals surface area contributed by atoms with Crippen LogP contribution in [0, 0.1) is 0 Å². The maximum absolute atomic E-state index is 13.1. The van der Waals surface area contributed by atoms with Crippen molar-refractivity contribution in [2.24, 2.45) is 5.84 Å². The number of morpholine rings is 1. The summed E-state index contributed by atoms with van der Waals surface area (Å²) in [6.45, 7) is 4.34. The van der Waals surface area contributed by atoms with Gasteiger partial charge in [-0.3, -0.25) is 9.78 Å². The van der Waals surface area contributed by atoms with Gasteiger partial charge in [0.15, 0.2) is 0 Å². The Morgan fingerprint density at radius 1 is 1.35 bits per heavy atom. The van der Waals surface area contributed by atoms with Crippen LogP contribution in [0.4, 0.5) is 22.7 Å². The van der Waals surface area contributed by atoms with E-state index in [1.165, 1.54) is 17.4 Å². The molecule has 2 aliphatic rings.